The Morgan fingerprint density at radius 1 is 1.13 bits per heavy atom. The summed E-state index contributed by atoms with van der Waals surface area (Å²) >= 11 is 0. The molecule has 0 radical (unpaired) electrons. The van der Waals surface area contributed by atoms with Crippen molar-refractivity contribution >= 4 is 16.9 Å². The smallest absolute Gasteiger partial charge is 0.356 e. The van der Waals surface area contributed by atoms with Gasteiger partial charge < -0.3 is 9.47 Å². The predicted octanol–water partition coefficient (Wildman–Crippen LogP) is 4.42. The molecule has 0 aliphatic heterocycles. The molecular weight excluding hydrogens is 290 g/mol. The Hall–Kier alpha value is -2.10. The highest BCUT2D eigenvalue weighted by atomic mass is 16.5. The van der Waals surface area contributed by atoms with Crippen LogP contribution in [-0.4, -0.2) is 24.2 Å². The SMILES string of the molecule is CCOC(=O)c1cc(C)c2cc(OCC)cc(C(C)(C)C)c2n1. The first-order valence-electron chi connectivity index (χ1n) is 8.03. The number of carbonyl (C=O) groups is 1. The van der Waals surface area contributed by atoms with E-state index in [1.807, 2.05) is 26.0 Å². The standard InChI is InChI=1S/C19H25NO3/c1-7-22-13-10-14-12(3)9-16(18(21)23-8-2)20-17(14)15(11-13)19(4,5)6/h9-11H,7-8H2,1-6H3. The first-order valence-corrected chi connectivity index (χ1v) is 8.03. The minimum Gasteiger partial charge on any atom is -0.494 e. The van der Waals surface area contributed by atoms with Crippen molar-refractivity contribution in [2.24, 2.45) is 0 Å². The summed E-state index contributed by atoms with van der Waals surface area (Å²) in [5, 5.41) is 1.01. The van der Waals surface area contributed by atoms with Gasteiger partial charge in [-0.2, -0.15) is 0 Å². The lowest BCUT2D eigenvalue weighted by molar-refractivity contribution is 0.0520. The Morgan fingerprint density at radius 3 is 2.39 bits per heavy atom. The number of esters is 1. The van der Waals surface area contributed by atoms with E-state index in [2.05, 4.69) is 25.8 Å². The predicted molar refractivity (Wildman–Crippen MR) is 92.3 cm³/mol. The van der Waals surface area contributed by atoms with E-state index < -0.39 is 0 Å². The van der Waals surface area contributed by atoms with Gasteiger partial charge in [0.05, 0.1) is 18.7 Å². The van der Waals surface area contributed by atoms with E-state index in [9.17, 15) is 4.79 Å². The number of benzene rings is 1. The number of hydrogen-bond acceptors (Lipinski definition) is 4. The number of aryl methyl sites for hydroxylation is 1. The Balaban J connectivity index is 2.74. The second-order valence-electron chi connectivity index (χ2n) is 6.59. The monoisotopic (exact) mass is 315 g/mol. The van der Waals surface area contributed by atoms with Crippen LogP contribution in [0.4, 0.5) is 0 Å². The maximum absolute atomic E-state index is 12.1. The molecule has 0 atom stereocenters. The van der Waals surface area contributed by atoms with E-state index in [-0.39, 0.29) is 11.4 Å². The molecule has 1 heterocycles. The van der Waals surface area contributed by atoms with Crippen molar-refractivity contribution in [3.63, 3.8) is 0 Å². The van der Waals surface area contributed by atoms with E-state index in [1.54, 1.807) is 13.0 Å². The van der Waals surface area contributed by atoms with Gasteiger partial charge in [0.1, 0.15) is 11.4 Å². The Bertz CT molecular complexity index is 729. The molecule has 2 rings (SSSR count). The lowest BCUT2D eigenvalue weighted by atomic mass is 9.84. The van der Waals surface area contributed by atoms with Crippen molar-refractivity contribution in [1.29, 1.82) is 0 Å². The molecule has 23 heavy (non-hydrogen) atoms. The zero-order valence-electron chi connectivity index (χ0n) is 14.8. The molecule has 0 fully saturated rings. The molecule has 0 unspecified atom stereocenters. The molecule has 0 saturated carbocycles. The van der Waals surface area contributed by atoms with Crippen molar-refractivity contribution < 1.29 is 14.3 Å². The number of nitrogens with zero attached hydrogens (tertiary/aromatic N) is 1. The van der Waals surface area contributed by atoms with Gasteiger partial charge in [-0.15, -0.1) is 0 Å². The molecule has 1 aromatic heterocycles. The normalized spacial score (nSPS) is 11.6. The van der Waals surface area contributed by atoms with Crippen LogP contribution in [-0.2, 0) is 10.2 Å². The molecule has 0 N–H and O–H groups in total. The van der Waals surface area contributed by atoms with Gasteiger partial charge in [0, 0.05) is 5.39 Å². The number of rotatable bonds is 4. The minimum absolute atomic E-state index is 0.113. The maximum Gasteiger partial charge on any atom is 0.356 e. The molecule has 0 aliphatic rings. The van der Waals surface area contributed by atoms with Crippen LogP contribution in [0.15, 0.2) is 18.2 Å². The van der Waals surface area contributed by atoms with Crippen LogP contribution in [0.25, 0.3) is 10.9 Å². The third kappa shape index (κ3) is 3.63. The number of pyridine rings is 1. The van der Waals surface area contributed by atoms with Crippen LogP contribution in [0.1, 0.15) is 56.2 Å². The van der Waals surface area contributed by atoms with E-state index in [4.69, 9.17) is 9.47 Å². The second-order valence-corrected chi connectivity index (χ2v) is 6.59. The summed E-state index contributed by atoms with van der Waals surface area (Å²) in [6.45, 7) is 13.1. The van der Waals surface area contributed by atoms with Crippen molar-refractivity contribution in [3.05, 3.63) is 35.0 Å². The van der Waals surface area contributed by atoms with E-state index in [0.29, 0.717) is 18.9 Å². The molecular formula is C19H25NO3. The van der Waals surface area contributed by atoms with Gasteiger partial charge in [-0.25, -0.2) is 9.78 Å². The summed E-state index contributed by atoms with van der Waals surface area (Å²) in [5.41, 5.74) is 3.13. The number of carbonyl (C=O) groups excluding carboxylic acids is 1. The summed E-state index contributed by atoms with van der Waals surface area (Å²) in [4.78, 5) is 16.7. The van der Waals surface area contributed by atoms with E-state index >= 15 is 0 Å². The van der Waals surface area contributed by atoms with Gasteiger partial charge in [-0.3, -0.25) is 0 Å². The first-order chi connectivity index (χ1) is 10.8. The summed E-state index contributed by atoms with van der Waals surface area (Å²) in [6.07, 6.45) is 0. The van der Waals surface area contributed by atoms with Gasteiger partial charge in [0.15, 0.2) is 0 Å². The molecule has 1 aromatic carbocycles. The van der Waals surface area contributed by atoms with Gasteiger partial charge in [0.2, 0.25) is 0 Å². The lowest BCUT2D eigenvalue weighted by Crippen LogP contribution is -2.15. The summed E-state index contributed by atoms with van der Waals surface area (Å²) in [6, 6.07) is 5.79. The third-order valence-corrected chi connectivity index (χ3v) is 3.70. The lowest BCUT2D eigenvalue weighted by Gasteiger charge is -2.23. The van der Waals surface area contributed by atoms with Crippen LogP contribution in [0.2, 0.25) is 0 Å². The Kier molecular flexibility index (Phi) is 4.93. The van der Waals surface area contributed by atoms with Crippen LogP contribution >= 0.6 is 0 Å². The second kappa shape index (κ2) is 6.57. The third-order valence-electron chi connectivity index (χ3n) is 3.70. The molecule has 0 spiro atoms. The van der Waals surface area contributed by atoms with E-state index in [1.165, 1.54) is 0 Å². The number of fused-ring (bicyclic) bond motifs is 1. The fourth-order valence-electron chi connectivity index (χ4n) is 2.60. The van der Waals surface area contributed by atoms with E-state index in [0.717, 1.165) is 27.8 Å². The average molecular weight is 315 g/mol. The van der Waals surface area contributed by atoms with Gasteiger partial charge in [0.25, 0.3) is 0 Å². The van der Waals surface area contributed by atoms with Gasteiger partial charge in [-0.05, 0) is 55.5 Å². The Morgan fingerprint density at radius 2 is 1.83 bits per heavy atom. The van der Waals surface area contributed by atoms with Gasteiger partial charge in [-0.1, -0.05) is 20.8 Å². The van der Waals surface area contributed by atoms with Crippen molar-refractivity contribution in [3.8, 4) is 5.75 Å². The van der Waals surface area contributed by atoms with Crippen molar-refractivity contribution in [2.45, 2.75) is 47.0 Å². The molecule has 0 amide bonds. The fraction of sp³-hybridized carbons (Fsp3) is 0.474. The highest BCUT2D eigenvalue weighted by Gasteiger charge is 2.22. The van der Waals surface area contributed by atoms with Crippen LogP contribution < -0.4 is 4.74 Å². The van der Waals surface area contributed by atoms with Gasteiger partial charge >= 0.3 is 5.97 Å². The quantitative estimate of drug-likeness (QED) is 0.784. The summed E-state index contributed by atoms with van der Waals surface area (Å²) < 4.78 is 10.8. The molecule has 124 valence electrons. The van der Waals surface area contributed by atoms with Crippen LogP contribution in [0.5, 0.6) is 5.75 Å². The molecule has 0 aliphatic carbocycles. The van der Waals surface area contributed by atoms with Crippen LogP contribution in [0.3, 0.4) is 0 Å². The highest BCUT2D eigenvalue weighted by Crippen LogP contribution is 2.34. The zero-order chi connectivity index (χ0) is 17.2. The first kappa shape index (κ1) is 17.3. The molecule has 0 saturated heterocycles. The van der Waals surface area contributed by atoms with Crippen molar-refractivity contribution in [2.75, 3.05) is 13.2 Å². The number of hydrogen-bond donors (Lipinski definition) is 0. The average Bonchev–Trinajstić information content (AvgIpc) is 2.46. The maximum atomic E-state index is 12.1. The molecule has 0 bridgehead atoms. The highest BCUT2D eigenvalue weighted by molar-refractivity contribution is 5.94. The summed E-state index contributed by atoms with van der Waals surface area (Å²) in [7, 11) is 0. The van der Waals surface area contributed by atoms with Crippen LogP contribution in [0, 0.1) is 6.92 Å². The number of ether oxygens (including phenoxy) is 2. The number of aromatic nitrogens is 1. The topological polar surface area (TPSA) is 48.4 Å². The summed E-state index contributed by atoms with van der Waals surface area (Å²) in [5.74, 6) is 0.449. The molecule has 4 heteroatoms. The minimum atomic E-state index is -0.383. The molecule has 2 aromatic rings. The zero-order valence-corrected chi connectivity index (χ0v) is 14.8. The Labute approximate surface area is 137 Å². The fourth-order valence-corrected chi connectivity index (χ4v) is 2.60. The molecule has 4 nitrogen and oxygen atoms in total. The largest absolute Gasteiger partial charge is 0.494 e. The van der Waals surface area contributed by atoms with Crippen molar-refractivity contribution in [1.82, 2.24) is 4.98 Å².